The topological polar surface area (TPSA) is 93.0 Å². The first kappa shape index (κ1) is 22.7. The molecule has 3 rings (SSSR count). The molecular weight excluding hydrogens is 438 g/mol. The molecule has 2 aromatic carbocycles. The molecule has 162 valence electrons. The van der Waals surface area contributed by atoms with Crippen molar-refractivity contribution in [1.29, 1.82) is 0 Å². The Balaban J connectivity index is 1.52. The number of piperazine rings is 1. The number of nitro groups is 1. The van der Waals surface area contributed by atoms with E-state index < -0.39 is 10.9 Å². The van der Waals surface area contributed by atoms with Gasteiger partial charge in [0.1, 0.15) is 10.1 Å². The number of benzene rings is 2. The van der Waals surface area contributed by atoms with Crippen molar-refractivity contribution in [3.05, 3.63) is 69.8 Å². The number of rotatable bonds is 5. The molecule has 0 spiro atoms. The highest BCUT2D eigenvalue weighted by Gasteiger charge is 2.25. The third-order valence-electron chi connectivity index (χ3n) is 4.71. The van der Waals surface area contributed by atoms with Crippen LogP contribution in [0.4, 0.5) is 5.69 Å². The van der Waals surface area contributed by atoms with Crippen LogP contribution in [0, 0.1) is 10.1 Å². The average Bonchev–Trinajstić information content (AvgIpc) is 2.77. The zero-order valence-corrected chi connectivity index (χ0v) is 18.5. The lowest BCUT2D eigenvalue weighted by atomic mass is 10.1. The normalized spacial score (nSPS) is 13.6. The van der Waals surface area contributed by atoms with Gasteiger partial charge in [0.15, 0.2) is 0 Å². The van der Waals surface area contributed by atoms with Crippen LogP contribution in [0.2, 0.25) is 0 Å². The predicted octanol–water partition coefficient (Wildman–Crippen LogP) is 3.50. The Hall–Kier alpha value is -2.98. The van der Waals surface area contributed by atoms with E-state index in [1.54, 1.807) is 41.3 Å². The number of non-ortho nitro benzene ring substituents is 1. The van der Waals surface area contributed by atoms with E-state index in [2.05, 4.69) is 0 Å². The fraction of sp³-hybridized carbons (Fsp3) is 0.286. The molecule has 1 amide bonds. The molecule has 31 heavy (non-hydrogen) atoms. The Morgan fingerprint density at radius 3 is 2.29 bits per heavy atom. The fourth-order valence-corrected chi connectivity index (χ4v) is 4.31. The fourth-order valence-electron chi connectivity index (χ4n) is 3.10. The molecule has 2 aromatic rings. The summed E-state index contributed by atoms with van der Waals surface area (Å²) in [6, 6.07) is 13.1. The van der Waals surface area contributed by atoms with Gasteiger partial charge in [-0.25, -0.2) is 0 Å². The number of thiocarbonyl (C=S) groups is 1. The van der Waals surface area contributed by atoms with Gasteiger partial charge < -0.3 is 14.5 Å². The maximum Gasteiger partial charge on any atom is 0.308 e. The van der Waals surface area contributed by atoms with Gasteiger partial charge in [-0.2, -0.15) is 0 Å². The van der Waals surface area contributed by atoms with E-state index in [1.165, 1.54) is 30.8 Å². The van der Waals surface area contributed by atoms with Gasteiger partial charge in [-0.1, -0.05) is 48.2 Å². The number of para-hydroxylation sites is 1. The zero-order chi connectivity index (χ0) is 22.4. The van der Waals surface area contributed by atoms with Crippen LogP contribution >= 0.6 is 24.0 Å². The summed E-state index contributed by atoms with van der Waals surface area (Å²) in [5, 5.41) is 10.7. The molecule has 1 aliphatic heterocycles. The Bertz CT molecular complexity index is 989. The van der Waals surface area contributed by atoms with E-state index in [1.807, 2.05) is 4.90 Å². The number of carbonyl (C=O) groups excluding carboxylic acids is 2. The van der Waals surface area contributed by atoms with Crippen LogP contribution in [0.5, 0.6) is 5.75 Å². The summed E-state index contributed by atoms with van der Waals surface area (Å²) in [4.78, 5) is 38.3. The van der Waals surface area contributed by atoms with Gasteiger partial charge in [0.25, 0.3) is 11.6 Å². The molecule has 8 nitrogen and oxygen atoms in total. The minimum atomic E-state index is -0.472. The molecule has 0 unspecified atom stereocenters. The van der Waals surface area contributed by atoms with Crippen molar-refractivity contribution in [2.75, 3.05) is 26.2 Å². The van der Waals surface area contributed by atoms with Crippen molar-refractivity contribution in [3.63, 3.8) is 0 Å². The van der Waals surface area contributed by atoms with Gasteiger partial charge in [-0.3, -0.25) is 19.7 Å². The molecular formula is C21H21N3O5S2. The Kier molecular flexibility index (Phi) is 7.59. The van der Waals surface area contributed by atoms with Crippen LogP contribution in [0.25, 0.3) is 0 Å². The monoisotopic (exact) mass is 459 g/mol. The molecule has 1 fully saturated rings. The highest BCUT2D eigenvalue weighted by Crippen LogP contribution is 2.23. The van der Waals surface area contributed by atoms with Crippen molar-refractivity contribution < 1.29 is 19.2 Å². The number of nitrogens with zero attached hydrogens (tertiary/aromatic N) is 3. The van der Waals surface area contributed by atoms with Crippen LogP contribution in [0.3, 0.4) is 0 Å². The number of thioether (sulfide) groups is 1. The van der Waals surface area contributed by atoms with Crippen LogP contribution in [-0.4, -0.2) is 57.1 Å². The average molecular weight is 460 g/mol. The molecule has 0 N–H and O–H groups in total. The van der Waals surface area contributed by atoms with Crippen molar-refractivity contribution in [2.24, 2.45) is 0 Å². The predicted molar refractivity (Wildman–Crippen MR) is 122 cm³/mol. The second kappa shape index (κ2) is 10.4. The summed E-state index contributed by atoms with van der Waals surface area (Å²) in [7, 11) is 0. The van der Waals surface area contributed by atoms with Gasteiger partial charge in [-0.15, -0.1) is 0 Å². The summed E-state index contributed by atoms with van der Waals surface area (Å²) in [5.41, 5.74) is 1.38. The van der Waals surface area contributed by atoms with Crippen LogP contribution < -0.4 is 4.74 Å². The molecule has 0 bridgehead atoms. The first-order chi connectivity index (χ1) is 14.8. The third kappa shape index (κ3) is 6.02. The van der Waals surface area contributed by atoms with E-state index in [-0.39, 0.29) is 17.3 Å². The first-order valence-corrected chi connectivity index (χ1v) is 11.0. The standard InChI is InChI=1S/C21H21N3O5S2/c1-15(25)29-19-5-3-2-4-18(19)20(26)22-10-12-23(13-11-22)21(30)31-14-16-6-8-17(9-7-16)24(27)28/h2-9H,10-14H2,1H3. The molecule has 0 aromatic heterocycles. The SMILES string of the molecule is CC(=O)Oc1ccccc1C(=O)N1CCN(C(=S)SCc2ccc([N+](=O)[O-])cc2)CC1. The Morgan fingerprint density at radius 2 is 1.68 bits per heavy atom. The van der Waals surface area contributed by atoms with Gasteiger partial charge in [-0.05, 0) is 17.7 Å². The zero-order valence-electron chi connectivity index (χ0n) is 16.9. The Labute approximate surface area is 189 Å². The second-order valence-corrected chi connectivity index (χ2v) is 8.46. The van der Waals surface area contributed by atoms with E-state index >= 15 is 0 Å². The van der Waals surface area contributed by atoms with Crippen molar-refractivity contribution in [1.82, 2.24) is 9.80 Å². The largest absolute Gasteiger partial charge is 0.426 e. The smallest absolute Gasteiger partial charge is 0.308 e. The molecule has 1 saturated heterocycles. The number of amides is 1. The summed E-state index contributed by atoms with van der Waals surface area (Å²) < 4.78 is 5.88. The Morgan fingerprint density at radius 1 is 1.06 bits per heavy atom. The van der Waals surface area contributed by atoms with Crippen LogP contribution in [0.1, 0.15) is 22.8 Å². The van der Waals surface area contributed by atoms with Crippen molar-refractivity contribution in [3.8, 4) is 5.75 Å². The minimum Gasteiger partial charge on any atom is -0.426 e. The molecule has 0 radical (unpaired) electrons. The van der Waals surface area contributed by atoms with Crippen LogP contribution in [0.15, 0.2) is 48.5 Å². The highest BCUT2D eigenvalue weighted by molar-refractivity contribution is 8.22. The number of hydrogen-bond acceptors (Lipinski definition) is 7. The number of carbonyl (C=O) groups is 2. The van der Waals surface area contributed by atoms with Gasteiger partial charge >= 0.3 is 5.97 Å². The minimum absolute atomic E-state index is 0.0624. The quantitative estimate of drug-likeness (QED) is 0.221. The molecule has 0 atom stereocenters. The van der Waals surface area contributed by atoms with E-state index in [0.717, 1.165) is 9.88 Å². The van der Waals surface area contributed by atoms with Crippen LogP contribution in [-0.2, 0) is 10.5 Å². The second-order valence-electron chi connectivity index (χ2n) is 6.85. The summed E-state index contributed by atoms with van der Waals surface area (Å²) >= 11 is 7.02. The maximum atomic E-state index is 12.9. The summed E-state index contributed by atoms with van der Waals surface area (Å²) in [6.45, 7) is 3.52. The van der Waals surface area contributed by atoms with E-state index in [4.69, 9.17) is 17.0 Å². The lowest BCUT2D eigenvalue weighted by Gasteiger charge is -2.36. The molecule has 1 aliphatic rings. The third-order valence-corrected chi connectivity index (χ3v) is 6.30. The van der Waals surface area contributed by atoms with Crippen molar-refractivity contribution >= 4 is 45.9 Å². The number of esters is 1. The lowest BCUT2D eigenvalue weighted by Crippen LogP contribution is -2.49. The van der Waals surface area contributed by atoms with Gasteiger partial charge in [0, 0.05) is 51.0 Å². The maximum absolute atomic E-state index is 12.9. The first-order valence-electron chi connectivity index (χ1n) is 9.57. The number of ether oxygens (including phenoxy) is 1. The highest BCUT2D eigenvalue weighted by atomic mass is 32.2. The van der Waals surface area contributed by atoms with E-state index in [9.17, 15) is 19.7 Å². The number of nitro benzene ring substituents is 1. The van der Waals surface area contributed by atoms with Gasteiger partial charge in [0.2, 0.25) is 0 Å². The molecule has 1 heterocycles. The lowest BCUT2D eigenvalue weighted by molar-refractivity contribution is -0.384. The van der Waals surface area contributed by atoms with Gasteiger partial charge in [0.05, 0.1) is 10.5 Å². The molecule has 0 saturated carbocycles. The van der Waals surface area contributed by atoms with Crippen molar-refractivity contribution in [2.45, 2.75) is 12.7 Å². The molecule has 10 heteroatoms. The van der Waals surface area contributed by atoms with E-state index in [0.29, 0.717) is 37.5 Å². The summed E-state index contributed by atoms with van der Waals surface area (Å²) in [6.07, 6.45) is 0. The molecule has 0 aliphatic carbocycles. The number of hydrogen-bond donors (Lipinski definition) is 0. The summed E-state index contributed by atoms with van der Waals surface area (Å²) in [5.74, 6) is 0.226.